The third-order valence-electron chi connectivity index (χ3n) is 2.43. The Balaban J connectivity index is 2.34. The zero-order chi connectivity index (χ0) is 13.2. The topological polar surface area (TPSA) is 78.8 Å². The van der Waals surface area contributed by atoms with Gasteiger partial charge in [-0.3, -0.25) is 4.79 Å². The number of hydrogen-bond acceptors (Lipinski definition) is 4. The summed E-state index contributed by atoms with van der Waals surface area (Å²) in [5, 5.41) is 20.5. The molecule has 18 heavy (non-hydrogen) atoms. The van der Waals surface area contributed by atoms with Gasteiger partial charge in [-0.05, 0) is 11.1 Å². The quantitative estimate of drug-likeness (QED) is 0.556. The predicted octanol–water partition coefficient (Wildman–Crippen LogP) is 0.412. The first-order chi connectivity index (χ1) is 8.74. The van der Waals surface area contributed by atoms with E-state index in [1.807, 2.05) is 24.3 Å². The second kappa shape index (κ2) is 8.63. The lowest BCUT2D eigenvalue weighted by Crippen LogP contribution is -2.21. The highest BCUT2D eigenvalue weighted by molar-refractivity contribution is 5.70. The second-order valence-corrected chi connectivity index (χ2v) is 3.85. The van der Waals surface area contributed by atoms with Gasteiger partial charge in [0.1, 0.15) is 0 Å². The summed E-state index contributed by atoms with van der Waals surface area (Å²) >= 11 is 0. The van der Waals surface area contributed by atoms with Gasteiger partial charge in [0.2, 0.25) is 0 Å². The first-order valence-electron chi connectivity index (χ1n) is 5.92. The maximum atomic E-state index is 10.7. The molecule has 1 aromatic carbocycles. The molecule has 5 heteroatoms. The Morgan fingerprint density at radius 1 is 1.22 bits per heavy atom. The van der Waals surface area contributed by atoms with E-state index in [2.05, 4.69) is 5.32 Å². The summed E-state index contributed by atoms with van der Waals surface area (Å²) in [4.78, 5) is 10.7. The van der Waals surface area contributed by atoms with E-state index in [4.69, 9.17) is 14.9 Å². The van der Waals surface area contributed by atoms with Crippen molar-refractivity contribution in [3.8, 4) is 0 Å². The summed E-state index contributed by atoms with van der Waals surface area (Å²) in [7, 11) is 0. The molecule has 0 aliphatic heterocycles. The van der Waals surface area contributed by atoms with Gasteiger partial charge in [0, 0.05) is 13.1 Å². The fourth-order valence-corrected chi connectivity index (χ4v) is 1.60. The minimum absolute atomic E-state index is 0.0292. The molecule has 0 aromatic heterocycles. The number of aliphatic carboxylic acids is 1. The highest BCUT2D eigenvalue weighted by Gasteiger charge is 2.05. The Hall–Kier alpha value is -1.43. The average Bonchev–Trinajstić information content (AvgIpc) is 2.35. The Bertz CT molecular complexity index is 368. The number of hydrogen-bond donors (Lipinski definition) is 3. The zero-order valence-corrected chi connectivity index (χ0v) is 10.3. The molecule has 0 amide bonds. The van der Waals surface area contributed by atoms with Crippen LogP contribution in [0.4, 0.5) is 0 Å². The number of carbonyl (C=O) groups is 1. The summed E-state index contributed by atoms with van der Waals surface area (Å²) in [5.41, 5.74) is 1.82. The molecule has 0 aliphatic rings. The monoisotopic (exact) mass is 253 g/mol. The Kier molecular flexibility index (Phi) is 7.01. The van der Waals surface area contributed by atoms with Crippen LogP contribution in [-0.4, -0.2) is 42.5 Å². The smallest absolute Gasteiger partial charge is 0.307 e. The van der Waals surface area contributed by atoms with Crippen LogP contribution in [0.15, 0.2) is 24.3 Å². The van der Waals surface area contributed by atoms with Crippen molar-refractivity contribution in [2.75, 3.05) is 26.4 Å². The molecule has 100 valence electrons. The van der Waals surface area contributed by atoms with Gasteiger partial charge in [-0.15, -0.1) is 0 Å². The maximum absolute atomic E-state index is 10.7. The van der Waals surface area contributed by atoms with E-state index in [-0.39, 0.29) is 13.0 Å². The molecule has 0 atom stereocenters. The molecule has 1 aromatic rings. The summed E-state index contributed by atoms with van der Waals surface area (Å²) < 4.78 is 5.11. The van der Waals surface area contributed by atoms with Crippen molar-refractivity contribution in [2.45, 2.75) is 13.0 Å². The summed E-state index contributed by atoms with van der Waals surface area (Å²) in [6.45, 7) is 2.19. The molecule has 3 N–H and O–H groups in total. The van der Waals surface area contributed by atoms with Gasteiger partial charge in [-0.2, -0.15) is 0 Å². The maximum Gasteiger partial charge on any atom is 0.307 e. The lowest BCUT2D eigenvalue weighted by atomic mass is 10.0. The molecule has 0 saturated carbocycles. The van der Waals surface area contributed by atoms with Crippen LogP contribution >= 0.6 is 0 Å². The zero-order valence-electron chi connectivity index (χ0n) is 10.3. The number of carboxylic acid groups (broad SMARTS) is 1. The molecule has 0 bridgehead atoms. The number of ether oxygens (including phenoxy) is 1. The molecular formula is C13H19NO4. The first kappa shape index (κ1) is 14.6. The Labute approximate surface area is 106 Å². The van der Waals surface area contributed by atoms with Gasteiger partial charge in [0.05, 0.1) is 26.2 Å². The van der Waals surface area contributed by atoms with Crippen LogP contribution in [0.5, 0.6) is 0 Å². The predicted molar refractivity (Wildman–Crippen MR) is 67.4 cm³/mol. The van der Waals surface area contributed by atoms with Gasteiger partial charge >= 0.3 is 5.97 Å². The van der Waals surface area contributed by atoms with Crippen LogP contribution < -0.4 is 5.32 Å². The van der Waals surface area contributed by atoms with Crippen molar-refractivity contribution in [1.82, 2.24) is 5.32 Å². The minimum Gasteiger partial charge on any atom is -0.481 e. The molecule has 0 unspecified atom stereocenters. The molecule has 0 saturated heterocycles. The van der Waals surface area contributed by atoms with Crippen LogP contribution in [0.2, 0.25) is 0 Å². The van der Waals surface area contributed by atoms with Gasteiger partial charge in [0.15, 0.2) is 0 Å². The van der Waals surface area contributed by atoms with E-state index >= 15 is 0 Å². The lowest BCUT2D eigenvalue weighted by molar-refractivity contribution is -0.136. The fraction of sp³-hybridized carbons (Fsp3) is 0.462. The van der Waals surface area contributed by atoms with Crippen molar-refractivity contribution in [3.05, 3.63) is 35.4 Å². The standard InChI is InChI=1S/C13H19NO4/c15-6-8-18-7-5-14-10-12-4-2-1-3-11(12)9-13(16)17/h1-4,14-15H,5-10H2,(H,16,17). The summed E-state index contributed by atoms with van der Waals surface area (Å²) in [6.07, 6.45) is 0.0405. The normalized spacial score (nSPS) is 10.5. The highest BCUT2D eigenvalue weighted by atomic mass is 16.5. The number of rotatable bonds is 9. The second-order valence-electron chi connectivity index (χ2n) is 3.85. The van der Waals surface area contributed by atoms with Gasteiger partial charge < -0.3 is 20.3 Å². The van der Waals surface area contributed by atoms with Crippen LogP contribution in [0.25, 0.3) is 0 Å². The number of nitrogens with one attached hydrogen (secondary N) is 1. The van der Waals surface area contributed by atoms with Crippen molar-refractivity contribution in [3.63, 3.8) is 0 Å². The molecule has 5 nitrogen and oxygen atoms in total. The largest absolute Gasteiger partial charge is 0.481 e. The van der Waals surface area contributed by atoms with Crippen molar-refractivity contribution in [1.29, 1.82) is 0 Å². The molecular weight excluding hydrogens is 234 g/mol. The number of aliphatic hydroxyl groups is 1. The minimum atomic E-state index is -0.825. The van der Waals surface area contributed by atoms with Crippen LogP contribution in [0, 0.1) is 0 Å². The molecule has 0 heterocycles. The summed E-state index contributed by atoms with van der Waals surface area (Å²) in [5.74, 6) is -0.825. The Morgan fingerprint density at radius 3 is 2.61 bits per heavy atom. The van der Waals surface area contributed by atoms with E-state index in [1.165, 1.54) is 0 Å². The first-order valence-corrected chi connectivity index (χ1v) is 5.92. The molecule has 1 rings (SSSR count). The lowest BCUT2D eigenvalue weighted by Gasteiger charge is -2.09. The van der Waals surface area contributed by atoms with Crippen molar-refractivity contribution in [2.24, 2.45) is 0 Å². The van der Waals surface area contributed by atoms with E-state index in [0.29, 0.717) is 26.3 Å². The van der Waals surface area contributed by atoms with E-state index in [1.54, 1.807) is 0 Å². The average molecular weight is 253 g/mol. The van der Waals surface area contributed by atoms with Crippen LogP contribution in [0.1, 0.15) is 11.1 Å². The van der Waals surface area contributed by atoms with E-state index < -0.39 is 5.97 Å². The molecule has 0 fully saturated rings. The Morgan fingerprint density at radius 2 is 1.94 bits per heavy atom. The number of benzene rings is 1. The van der Waals surface area contributed by atoms with Crippen LogP contribution in [0.3, 0.4) is 0 Å². The third kappa shape index (κ3) is 5.77. The highest BCUT2D eigenvalue weighted by Crippen LogP contribution is 2.09. The van der Waals surface area contributed by atoms with Crippen molar-refractivity contribution < 1.29 is 19.7 Å². The van der Waals surface area contributed by atoms with Gasteiger partial charge in [-0.1, -0.05) is 24.3 Å². The van der Waals surface area contributed by atoms with Gasteiger partial charge in [0.25, 0.3) is 0 Å². The van der Waals surface area contributed by atoms with E-state index in [9.17, 15) is 4.79 Å². The molecule has 0 aliphatic carbocycles. The molecule has 0 spiro atoms. The number of carboxylic acids is 1. The van der Waals surface area contributed by atoms with E-state index in [0.717, 1.165) is 11.1 Å². The van der Waals surface area contributed by atoms with Crippen molar-refractivity contribution >= 4 is 5.97 Å². The SMILES string of the molecule is O=C(O)Cc1ccccc1CNCCOCCO. The summed E-state index contributed by atoms with van der Waals surface area (Å²) in [6, 6.07) is 7.48. The fourth-order valence-electron chi connectivity index (χ4n) is 1.60. The third-order valence-corrected chi connectivity index (χ3v) is 2.43. The van der Waals surface area contributed by atoms with Crippen LogP contribution in [-0.2, 0) is 22.5 Å². The number of aliphatic hydroxyl groups excluding tert-OH is 1. The molecule has 0 radical (unpaired) electrons. The van der Waals surface area contributed by atoms with Gasteiger partial charge in [-0.25, -0.2) is 0 Å².